The van der Waals surface area contributed by atoms with E-state index in [9.17, 15) is 9.90 Å². The van der Waals surface area contributed by atoms with Crippen molar-refractivity contribution < 1.29 is 9.90 Å². The highest BCUT2D eigenvalue weighted by Crippen LogP contribution is 2.21. The van der Waals surface area contributed by atoms with Crippen LogP contribution in [0.2, 0.25) is 0 Å². The number of nitrogens with one attached hydrogen (secondary N) is 1. The summed E-state index contributed by atoms with van der Waals surface area (Å²) in [6.45, 7) is 3.80. The molecule has 1 amide bonds. The third-order valence-corrected chi connectivity index (χ3v) is 4.36. The molecule has 4 N–H and O–H groups in total. The first-order valence-electron chi connectivity index (χ1n) is 7.41. The van der Waals surface area contributed by atoms with Crippen molar-refractivity contribution in [2.45, 2.75) is 32.0 Å². The minimum Gasteiger partial charge on any atom is -0.389 e. The van der Waals surface area contributed by atoms with Gasteiger partial charge in [0, 0.05) is 11.0 Å². The summed E-state index contributed by atoms with van der Waals surface area (Å²) in [5, 5.41) is 12.4. The summed E-state index contributed by atoms with van der Waals surface area (Å²) >= 11 is 3.37. The molecule has 0 bridgehead atoms. The van der Waals surface area contributed by atoms with Crippen molar-refractivity contribution in [1.82, 2.24) is 5.32 Å². The molecule has 0 aromatic heterocycles. The van der Waals surface area contributed by atoms with E-state index in [1.165, 1.54) is 0 Å². The zero-order valence-electron chi connectivity index (χ0n) is 13.2. The summed E-state index contributed by atoms with van der Waals surface area (Å²) in [6, 6.07) is 14.9. The third-order valence-electron chi connectivity index (χ3n) is 3.83. The van der Waals surface area contributed by atoms with Crippen LogP contribution >= 0.6 is 15.9 Å². The Balaban J connectivity index is 2.02. The van der Waals surface area contributed by atoms with Crippen LogP contribution in [0.3, 0.4) is 0 Å². The maximum atomic E-state index is 12.4. The highest BCUT2D eigenvalue weighted by Gasteiger charge is 2.30. The number of hydrogen-bond donors (Lipinski definition) is 3. The van der Waals surface area contributed by atoms with Crippen LogP contribution in [0, 0.1) is 0 Å². The smallest absolute Gasteiger partial charge is 0.244 e. The van der Waals surface area contributed by atoms with Crippen LogP contribution in [-0.4, -0.2) is 11.0 Å². The number of rotatable bonds is 5. The summed E-state index contributed by atoms with van der Waals surface area (Å²) in [4.78, 5) is 12.4. The molecule has 0 saturated carbocycles. The highest BCUT2D eigenvalue weighted by atomic mass is 79.9. The Morgan fingerprint density at radius 2 is 1.78 bits per heavy atom. The molecule has 0 spiro atoms. The average molecular weight is 377 g/mol. The zero-order valence-corrected chi connectivity index (χ0v) is 14.8. The number of aliphatic hydroxyl groups is 1. The van der Waals surface area contributed by atoms with Gasteiger partial charge in [-0.05, 0) is 42.7 Å². The number of aliphatic hydroxyl groups excluding tert-OH is 1. The zero-order chi connectivity index (χ0) is 17.0. The van der Waals surface area contributed by atoms with E-state index >= 15 is 0 Å². The molecule has 122 valence electrons. The second-order valence-electron chi connectivity index (χ2n) is 5.81. The lowest BCUT2D eigenvalue weighted by atomic mass is 9.92. The Labute approximate surface area is 144 Å². The second kappa shape index (κ2) is 7.25. The van der Waals surface area contributed by atoms with E-state index in [1.807, 2.05) is 48.5 Å². The largest absolute Gasteiger partial charge is 0.389 e. The molecule has 2 rings (SSSR count). The van der Waals surface area contributed by atoms with Crippen molar-refractivity contribution in [2.24, 2.45) is 5.73 Å². The van der Waals surface area contributed by atoms with Crippen LogP contribution in [0.1, 0.15) is 36.6 Å². The van der Waals surface area contributed by atoms with Crippen LogP contribution in [0.5, 0.6) is 0 Å². The summed E-state index contributed by atoms with van der Waals surface area (Å²) in [6.07, 6.45) is -0.497. The van der Waals surface area contributed by atoms with Crippen molar-refractivity contribution in [3.8, 4) is 0 Å². The Bertz CT molecular complexity index is 664. The van der Waals surface area contributed by atoms with Crippen LogP contribution in [-0.2, 0) is 16.9 Å². The number of carbonyl (C=O) groups is 1. The van der Waals surface area contributed by atoms with Gasteiger partial charge in [-0.15, -0.1) is 0 Å². The molecule has 0 aliphatic rings. The van der Waals surface area contributed by atoms with Crippen molar-refractivity contribution in [1.29, 1.82) is 0 Å². The van der Waals surface area contributed by atoms with Gasteiger partial charge in [-0.25, -0.2) is 0 Å². The van der Waals surface area contributed by atoms with Crippen molar-refractivity contribution in [3.63, 3.8) is 0 Å². The van der Waals surface area contributed by atoms with Gasteiger partial charge in [0.25, 0.3) is 0 Å². The van der Waals surface area contributed by atoms with Crippen LogP contribution in [0.25, 0.3) is 0 Å². The van der Waals surface area contributed by atoms with E-state index in [0.29, 0.717) is 6.54 Å². The molecular weight excluding hydrogens is 356 g/mol. The third kappa shape index (κ3) is 4.41. The minimum absolute atomic E-state index is 0.237. The Morgan fingerprint density at radius 1 is 1.22 bits per heavy atom. The fourth-order valence-corrected chi connectivity index (χ4v) is 2.47. The van der Waals surface area contributed by atoms with Gasteiger partial charge in [-0.3, -0.25) is 4.79 Å². The van der Waals surface area contributed by atoms with Crippen molar-refractivity contribution in [3.05, 3.63) is 69.7 Å². The molecule has 0 saturated heterocycles. The standard InChI is InChI=1S/C18H21BrN2O2/c1-12(22)14-5-3-13(4-6-14)11-21-17(23)18(2,20)15-7-9-16(19)10-8-15/h3-10,12,22H,11,20H2,1-2H3,(H,21,23). The first kappa shape index (κ1) is 17.7. The Morgan fingerprint density at radius 3 is 2.30 bits per heavy atom. The molecule has 4 nitrogen and oxygen atoms in total. The molecule has 2 unspecified atom stereocenters. The van der Waals surface area contributed by atoms with E-state index in [-0.39, 0.29) is 5.91 Å². The maximum absolute atomic E-state index is 12.4. The predicted octanol–water partition coefficient (Wildman–Crippen LogP) is 2.99. The minimum atomic E-state index is -1.10. The second-order valence-corrected chi connectivity index (χ2v) is 6.73. The molecule has 0 fully saturated rings. The predicted molar refractivity (Wildman–Crippen MR) is 94.6 cm³/mol. The monoisotopic (exact) mass is 376 g/mol. The number of carbonyl (C=O) groups excluding carboxylic acids is 1. The van der Waals surface area contributed by atoms with Gasteiger partial charge in [0.15, 0.2) is 0 Å². The van der Waals surface area contributed by atoms with Crippen molar-refractivity contribution >= 4 is 21.8 Å². The summed E-state index contributed by atoms with van der Waals surface area (Å²) in [5.41, 5.74) is 7.65. The normalized spacial score (nSPS) is 14.8. The molecule has 0 aliphatic heterocycles. The van der Waals surface area contributed by atoms with E-state index in [4.69, 9.17) is 5.73 Å². The van der Waals surface area contributed by atoms with Gasteiger partial charge in [0.1, 0.15) is 5.54 Å². The fourth-order valence-electron chi connectivity index (χ4n) is 2.21. The number of nitrogens with two attached hydrogens (primary N) is 1. The van der Waals surface area contributed by atoms with Crippen molar-refractivity contribution in [2.75, 3.05) is 0 Å². The number of hydrogen-bond acceptors (Lipinski definition) is 3. The molecule has 0 aliphatic carbocycles. The van der Waals surface area contributed by atoms with Gasteiger partial charge >= 0.3 is 0 Å². The van der Waals surface area contributed by atoms with E-state index in [2.05, 4.69) is 21.2 Å². The van der Waals surface area contributed by atoms with Crippen LogP contribution < -0.4 is 11.1 Å². The quantitative estimate of drug-likeness (QED) is 0.750. The molecule has 2 aromatic rings. The number of amides is 1. The maximum Gasteiger partial charge on any atom is 0.244 e. The topological polar surface area (TPSA) is 75.3 Å². The lowest BCUT2D eigenvalue weighted by Gasteiger charge is -2.24. The average Bonchev–Trinajstić information content (AvgIpc) is 2.53. The number of halogens is 1. The van der Waals surface area contributed by atoms with Gasteiger partial charge < -0.3 is 16.2 Å². The summed E-state index contributed by atoms with van der Waals surface area (Å²) in [7, 11) is 0. The lowest BCUT2D eigenvalue weighted by molar-refractivity contribution is -0.126. The van der Waals surface area contributed by atoms with Gasteiger partial charge in [0.2, 0.25) is 5.91 Å². The lowest BCUT2D eigenvalue weighted by Crippen LogP contribution is -2.48. The van der Waals surface area contributed by atoms with E-state index in [0.717, 1.165) is 21.2 Å². The molecule has 2 aromatic carbocycles. The molecule has 0 radical (unpaired) electrons. The molecule has 0 heterocycles. The molecule has 2 atom stereocenters. The van der Waals surface area contributed by atoms with E-state index < -0.39 is 11.6 Å². The summed E-state index contributed by atoms with van der Waals surface area (Å²) < 4.78 is 0.940. The first-order valence-corrected chi connectivity index (χ1v) is 8.20. The first-order chi connectivity index (χ1) is 10.8. The Hall–Kier alpha value is -1.69. The molecular formula is C18H21BrN2O2. The highest BCUT2D eigenvalue weighted by molar-refractivity contribution is 9.10. The van der Waals surface area contributed by atoms with Crippen LogP contribution in [0.15, 0.2) is 53.0 Å². The SMILES string of the molecule is CC(O)c1ccc(CNC(=O)C(C)(N)c2ccc(Br)cc2)cc1. The summed E-state index contributed by atoms with van der Waals surface area (Å²) in [5.74, 6) is -0.237. The number of benzene rings is 2. The van der Waals surface area contributed by atoms with Gasteiger partial charge in [0.05, 0.1) is 6.10 Å². The molecule has 5 heteroatoms. The van der Waals surface area contributed by atoms with Crippen LogP contribution in [0.4, 0.5) is 0 Å². The van der Waals surface area contributed by atoms with E-state index in [1.54, 1.807) is 13.8 Å². The fraction of sp³-hybridized carbons (Fsp3) is 0.278. The van der Waals surface area contributed by atoms with Gasteiger partial charge in [-0.2, -0.15) is 0 Å². The van der Waals surface area contributed by atoms with Gasteiger partial charge in [-0.1, -0.05) is 52.3 Å². The molecule has 23 heavy (non-hydrogen) atoms. The Kier molecular flexibility index (Phi) is 5.57.